The minimum absolute atomic E-state index is 0.109. The first kappa shape index (κ1) is 60.5. The number of nitrogens with zero attached hydrogens (tertiary/aromatic N) is 2. The number of cyclic esters (lactones) is 1. The van der Waals surface area contributed by atoms with Gasteiger partial charge >= 0.3 is 5.97 Å². The smallest absolute Gasteiger partial charge is 0.311 e. The minimum atomic E-state index is -1.89. The molecule has 1 aromatic rings. The van der Waals surface area contributed by atoms with Crippen molar-refractivity contribution in [1.29, 1.82) is 0 Å². The van der Waals surface area contributed by atoms with E-state index in [9.17, 15) is 30.3 Å². The van der Waals surface area contributed by atoms with Crippen molar-refractivity contribution >= 4 is 35.5 Å². The largest absolute Gasteiger partial charge is 0.497 e. The minimum Gasteiger partial charge on any atom is -0.497 e. The zero-order chi connectivity index (χ0) is 52.2. The van der Waals surface area contributed by atoms with Crippen LogP contribution in [0, 0.1) is 17.8 Å². The molecule has 0 saturated carbocycles. The van der Waals surface area contributed by atoms with Crippen molar-refractivity contribution in [2.45, 2.75) is 192 Å². The van der Waals surface area contributed by atoms with Gasteiger partial charge in [-0.2, -0.15) is 0 Å². The van der Waals surface area contributed by atoms with Crippen LogP contribution in [0.5, 0.6) is 5.75 Å². The Balaban J connectivity index is 0.00000409. The van der Waals surface area contributed by atoms with Gasteiger partial charge in [0.2, 0.25) is 0 Å². The van der Waals surface area contributed by atoms with E-state index in [-0.39, 0.29) is 43.8 Å². The van der Waals surface area contributed by atoms with E-state index >= 15 is 0 Å². The highest BCUT2D eigenvalue weighted by Gasteiger charge is 2.53. The first-order valence-electron chi connectivity index (χ1n) is 24.2. The van der Waals surface area contributed by atoms with E-state index in [2.05, 4.69) is 15.5 Å². The number of ether oxygens (including phenoxy) is 7. The predicted octanol–water partition coefficient (Wildman–Crippen LogP) is 3.36. The van der Waals surface area contributed by atoms with E-state index in [1.54, 1.807) is 41.7 Å². The third-order valence-electron chi connectivity index (χ3n) is 14.3. The summed E-state index contributed by atoms with van der Waals surface area (Å²) < 4.78 is 43.4. The monoisotopic (exact) mass is 1000 g/mol. The van der Waals surface area contributed by atoms with Gasteiger partial charge in [0.1, 0.15) is 35.8 Å². The molecule has 3 saturated heterocycles. The van der Waals surface area contributed by atoms with Gasteiger partial charge in [-0.25, -0.2) is 0 Å². The molecular formula is C49H86N4O15S. The number of carbonyl (C=O) groups is 2. The molecule has 1 aromatic carbocycles. The Labute approximate surface area is 415 Å². The molecule has 3 fully saturated rings. The molecule has 0 aliphatic carbocycles. The summed E-state index contributed by atoms with van der Waals surface area (Å²) in [6.45, 7) is 18.8. The molecule has 8 N–H and O–H groups in total. The van der Waals surface area contributed by atoms with E-state index in [0.717, 1.165) is 11.4 Å². The van der Waals surface area contributed by atoms with Gasteiger partial charge in [0, 0.05) is 56.9 Å². The molecule has 0 radical (unpaired) electrons. The standard InChI is InChI=1S/C48H84N4O13S.CH2O2/c1-15-36-48(10,58)40(54)31(6)52(22-16-21-49-45(66)50-33-17-19-34(59-13)20-18-33)26-27(2)24-46(8,57)42(65-44-38(53)35(51(11)12)23-28(3)61-44)29(4)39(30(5)43(56)63-36)64-37-25-47(9,60-14)41(55)32(7)62-37;2-1-3/h17-20,27-32,35-42,44,53-55,57-58H,15-16,21-26H2,1-14H3,(H2,49,50,66);1H,(H,2,3)/t27-,28-,29+,30-,31-,32+,35+,36-,37+,38-,39+,40-,41+,42-,44+,46-,47-,48-;/m1./s1. The van der Waals surface area contributed by atoms with Crippen molar-refractivity contribution in [3.05, 3.63) is 24.3 Å². The molecule has 0 amide bonds. The summed E-state index contributed by atoms with van der Waals surface area (Å²) in [5.74, 6) is -2.07. The fourth-order valence-electron chi connectivity index (χ4n) is 10.2. The van der Waals surface area contributed by atoms with Crippen molar-refractivity contribution < 1.29 is 73.4 Å². The van der Waals surface area contributed by atoms with Crippen molar-refractivity contribution in [2.24, 2.45) is 17.8 Å². The molecule has 3 aliphatic heterocycles. The molecule has 4 rings (SSSR count). The number of rotatable bonds is 13. The summed E-state index contributed by atoms with van der Waals surface area (Å²) in [6, 6.07) is 6.46. The molecule has 20 heteroatoms. The average molecular weight is 1000 g/mol. The quantitative estimate of drug-likeness (QED) is 0.0611. The van der Waals surface area contributed by atoms with Gasteiger partial charge in [0.25, 0.3) is 6.47 Å². The van der Waals surface area contributed by atoms with Crippen LogP contribution in [0.1, 0.15) is 101 Å². The molecule has 398 valence electrons. The van der Waals surface area contributed by atoms with Crippen LogP contribution < -0.4 is 15.4 Å². The fourth-order valence-corrected chi connectivity index (χ4v) is 10.5. The van der Waals surface area contributed by atoms with Crippen LogP contribution in [0.2, 0.25) is 0 Å². The average Bonchev–Trinajstić information content (AvgIpc) is 3.28. The van der Waals surface area contributed by atoms with Gasteiger partial charge < -0.3 is 79.3 Å². The molecule has 18 atom stereocenters. The van der Waals surface area contributed by atoms with Crippen molar-refractivity contribution in [2.75, 3.05) is 53.3 Å². The van der Waals surface area contributed by atoms with E-state index < -0.39 is 96.0 Å². The Morgan fingerprint density at radius 3 is 2.16 bits per heavy atom. The maximum atomic E-state index is 14.5. The summed E-state index contributed by atoms with van der Waals surface area (Å²) in [7, 11) is 6.88. The number of thiocarbonyl (C=S) groups is 1. The van der Waals surface area contributed by atoms with Crippen LogP contribution in [-0.2, 0) is 38.0 Å². The number of aliphatic hydroxyl groups is 5. The van der Waals surface area contributed by atoms with Crippen LogP contribution in [0.4, 0.5) is 5.69 Å². The Morgan fingerprint density at radius 1 is 0.971 bits per heavy atom. The first-order valence-corrected chi connectivity index (χ1v) is 24.7. The predicted molar refractivity (Wildman–Crippen MR) is 264 cm³/mol. The maximum Gasteiger partial charge on any atom is 0.311 e. The Kier molecular flexibility index (Phi) is 23.4. The first-order chi connectivity index (χ1) is 32.2. The molecule has 3 heterocycles. The van der Waals surface area contributed by atoms with Gasteiger partial charge in [-0.1, -0.05) is 20.8 Å². The Bertz CT molecular complexity index is 1730. The van der Waals surface area contributed by atoms with Crippen molar-refractivity contribution in [3.8, 4) is 5.75 Å². The highest BCUT2D eigenvalue weighted by Crippen LogP contribution is 2.40. The lowest BCUT2D eigenvalue weighted by Gasteiger charge is -2.48. The van der Waals surface area contributed by atoms with E-state index in [1.807, 2.05) is 71.0 Å². The zero-order valence-electron chi connectivity index (χ0n) is 43.4. The number of esters is 1. The van der Waals surface area contributed by atoms with Gasteiger partial charge in [0.05, 0.1) is 48.6 Å². The molecule has 0 aromatic heterocycles. The zero-order valence-corrected chi connectivity index (χ0v) is 44.2. The lowest BCUT2D eigenvalue weighted by atomic mass is 9.77. The third kappa shape index (κ3) is 16.1. The summed E-state index contributed by atoms with van der Waals surface area (Å²) >= 11 is 5.57. The summed E-state index contributed by atoms with van der Waals surface area (Å²) in [5.41, 5.74) is -3.77. The third-order valence-corrected chi connectivity index (χ3v) is 14.5. The van der Waals surface area contributed by atoms with Crippen LogP contribution in [0.15, 0.2) is 24.3 Å². The second-order valence-electron chi connectivity index (χ2n) is 20.3. The maximum absolute atomic E-state index is 14.5. The summed E-state index contributed by atoms with van der Waals surface area (Å²) in [4.78, 5) is 26.9. The van der Waals surface area contributed by atoms with Gasteiger partial charge in [0.15, 0.2) is 17.7 Å². The normalized spacial score (nSPS) is 39.7. The van der Waals surface area contributed by atoms with Crippen molar-refractivity contribution in [1.82, 2.24) is 15.1 Å². The second kappa shape index (κ2) is 26.7. The molecule has 0 bridgehead atoms. The molecule has 0 spiro atoms. The number of benzene rings is 1. The van der Waals surface area contributed by atoms with Gasteiger partial charge in [-0.3, -0.25) is 14.5 Å². The molecule has 19 nitrogen and oxygen atoms in total. The molecule has 3 aliphatic rings. The number of likely N-dealkylation sites (N-methyl/N-ethyl adjacent to an activating group) is 1. The molecule has 0 unspecified atom stereocenters. The number of methoxy groups -OCH3 is 2. The van der Waals surface area contributed by atoms with E-state index in [1.165, 1.54) is 14.0 Å². The second-order valence-corrected chi connectivity index (χ2v) is 20.7. The summed E-state index contributed by atoms with van der Waals surface area (Å²) in [5, 5.41) is 73.7. The van der Waals surface area contributed by atoms with Crippen LogP contribution in [-0.4, -0.2) is 196 Å². The van der Waals surface area contributed by atoms with Gasteiger partial charge in [-0.15, -0.1) is 0 Å². The SMILES string of the molecule is CC[C@H]1OC(=O)[C@H](C)[C@@H](O[C@H]2C[C@@](C)(OC)[C@@H](O)[C@H](C)O2)[C@H](C)[C@@H](O[C@@H]2O[C@H](C)C[C@H](N(C)C)[C@H]2O)[C@](C)(O)C[C@@H](C)CN(CCCNC(=S)Nc2ccc(OC)cc2)[C@H](C)[C@@H](O)[C@]1(C)O.O=CO. The van der Waals surface area contributed by atoms with Crippen LogP contribution in [0.25, 0.3) is 0 Å². The molecular weight excluding hydrogens is 917 g/mol. The van der Waals surface area contributed by atoms with Crippen molar-refractivity contribution in [3.63, 3.8) is 0 Å². The van der Waals surface area contributed by atoms with Crippen LogP contribution in [0.3, 0.4) is 0 Å². The van der Waals surface area contributed by atoms with E-state index in [4.69, 9.17) is 55.3 Å². The van der Waals surface area contributed by atoms with Gasteiger partial charge in [-0.05, 0) is 131 Å². The van der Waals surface area contributed by atoms with Crippen LogP contribution >= 0.6 is 12.2 Å². The highest BCUT2D eigenvalue weighted by atomic mass is 32.1. The number of hydrogen-bond donors (Lipinski definition) is 8. The summed E-state index contributed by atoms with van der Waals surface area (Å²) in [6.07, 6.45) is -8.21. The Hall–Kier alpha value is -2.83. The number of carbonyl (C=O) groups excluding carboxylic acids is 1. The number of anilines is 1. The topological polar surface area (TPSA) is 251 Å². The number of carboxylic acid groups (broad SMARTS) is 1. The number of hydrogen-bond acceptors (Lipinski definition) is 17. The number of nitrogens with one attached hydrogen (secondary N) is 2. The fraction of sp³-hybridized carbons (Fsp3) is 0.816. The molecule has 69 heavy (non-hydrogen) atoms. The Morgan fingerprint density at radius 2 is 1.59 bits per heavy atom. The lowest BCUT2D eigenvalue weighted by molar-refractivity contribution is -0.318. The lowest BCUT2D eigenvalue weighted by Crippen LogP contribution is -2.60. The number of aliphatic hydroxyl groups excluding tert-OH is 3. The highest BCUT2D eigenvalue weighted by molar-refractivity contribution is 7.80. The van der Waals surface area contributed by atoms with E-state index in [0.29, 0.717) is 37.6 Å².